The molecule has 1 aromatic carbocycles. The monoisotopic (exact) mass is 335 g/mol. The number of nitrogens with one attached hydrogen (secondary N) is 1. The molecule has 20 heavy (non-hydrogen) atoms. The van der Waals surface area contributed by atoms with E-state index in [0.717, 1.165) is 0 Å². The van der Waals surface area contributed by atoms with Crippen molar-refractivity contribution >= 4 is 40.7 Å². The normalized spacial score (nSPS) is 10.4. The first-order valence-corrected chi connectivity index (χ1v) is 6.38. The van der Waals surface area contributed by atoms with Crippen LogP contribution in [-0.4, -0.2) is 11.1 Å². The standard InChI is InChI=1S/C11H8Cl3N3O3/c12-6-2-8(14)10(3-7(6)13)19-4-5-1-9(17-20-5)11(18)16-15/h1-3H,4,15H2,(H,16,18). The van der Waals surface area contributed by atoms with Gasteiger partial charge in [-0.3, -0.25) is 10.2 Å². The Morgan fingerprint density at radius 1 is 1.25 bits per heavy atom. The number of aromatic nitrogens is 1. The van der Waals surface area contributed by atoms with E-state index in [0.29, 0.717) is 26.6 Å². The maximum Gasteiger partial charge on any atom is 0.287 e. The minimum Gasteiger partial charge on any atom is -0.484 e. The highest BCUT2D eigenvalue weighted by Gasteiger charge is 2.13. The van der Waals surface area contributed by atoms with Crippen LogP contribution in [0.25, 0.3) is 0 Å². The molecule has 0 aliphatic heterocycles. The number of nitrogens with zero attached hydrogens (tertiary/aromatic N) is 1. The molecule has 0 fully saturated rings. The van der Waals surface area contributed by atoms with E-state index in [2.05, 4.69) is 5.16 Å². The third-order valence-electron chi connectivity index (χ3n) is 2.27. The summed E-state index contributed by atoms with van der Waals surface area (Å²) < 4.78 is 10.3. The van der Waals surface area contributed by atoms with Crippen molar-refractivity contribution < 1.29 is 14.1 Å². The first-order chi connectivity index (χ1) is 9.51. The van der Waals surface area contributed by atoms with Crippen molar-refractivity contribution in [3.63, 3.8) is 0 Å². The van der Waals surface area contributed by atoms with E-state index in [1.807, 2.05) is 5.43 Å². The van der Waals surface area contributed by atoms with Gasteiger partial charge in [-0.15, -0.1) is 0 Å². The summed E-state index contributed by atoms with van der Waals surface area (Å²) in [5, 5.41) is 4.47. The van der Waals surface area contributed by atoms with Crippen molar-refractivity contribution in [2.24, 2.45) is 5.84 Å². The smallest absolute Gasteiger partial charge is 0.287 e. The van der Waals surface area contributed by atoms with Crippen molar-refractivity contribution in [3.8, 4) is 5.75 Å². The van der Waals surface area contributed by atoms with Gasteiger partial charge in [0.15, 0.2) is 11.5 Å². The summed E-state index contributed by atoms with van der Waals surface area (Å²) in [5.74, 6) is 5.07. The molecule has 0 bridgehead atoms. The number of hydrazine groups is 1. The molecule has 0 radical (unpaired) electrons. The number of nitrogen functional groups attached to an aromatic ring is 1. The number of hydrogen-bond donors (Lipinski definition) is 2. The lowest BCUT2D eigenvalue weighted by Crippen LogP contribution is -2.30. The highest BCUT2D eigenvalue weighted by atomic mass is 35.5. The first kappa shape index (κ1) is 14.9. The summed E-state index contributed by atoms with van der Waals surface area (Å²) in [5.41, 5.74) is 1.98. The minimum absolute atomic E-state index is 0.0164. The largest absolute Gasteiger partial charge is 0.484 e. The van der Waals surface area contributed by atoms with Gasteiger partial charge < -0.3 is 9.26 Å². The highest BCUT2D eigenvalue weighted by molar-refractivity contribution is 6.43. The molecule has 0 saturated carbocycles. The average Bonchev–Trinajstić information content (AvgIpc) is 2.89. The zero-order valence-electron chi connectivity index (χ0n) is 9.82. The summed E-state index contributed by atoms with van der Waals surface area (Å²) in [7, 11) is 0. The third-order valence-corrected chi connectivity index (χ3v) is 3.28. The quantitative estimate of drug-likeness (QED) is 0.388. The van der Waals surface area contributed by atoms with Crippen LogP contribution in [0.2, 0.25) is 15.1 Å². The van der Waals surface area contributed by atoms with E-state index in [1.54, 1.807) is 0 Å². The van der Waals surface area contributed by atoms with E-state index < -0.39 is 5.91 Å². The van der Waals surface area contributed by atoms with Crippen molar-refractivity contribution in [2.75, 3.05) is 0 Å². The van der Waals surface area contributed by atoms with Crippen molar-refractivity contribution in [3.05, 3.63) is 44.7 Å². The van der Waals surface area contributed by atoms with E-state index in [9.17, 15) is 4.79 Å². The van der Waals surface area contributed by atoms with Crippen LogP contribution >= 0.6 is 34.8 Å². The zero-order valence-corrected chi connectivity index (χ0v) is 12.1. The summed E-state index contributed by atoms with van der Waals surface area (Å²) in [6.07, 6.45) is 0. The molecular weight excluding hydrogens is 328 g/mol. The highest BCUT2D eigenvalue weighted by Crippen LogP contribution is 2.34. The summed E-state index contributed by atoms with van der Waals surface area (Å²) in [6.45, 7) is 0.0164. The Morgan fingerprint density at radius 2 is 1.95 bits per heavy atom. The molecule has 1 amide bonds. The van der Waals surface area contributed by atoms with Gasteiger partial charge in [0.2, 0.25) is 0 Å². The minimum atomic E-state index is -0.562. The molecule has 1 heterocycles. The fourth-order valence-electron chi connectivity index (χ4n) is 1.33. The van der Waals surface area contributed by atoms with Crippen LogP contribution in [0.15, 0.2) is 22.7 Å². The topological polar surface area (TPSA) is 90.4 Å². The van der Waals surface area contributed by atoms with Crippen molar-refractivity contribution in [1.29, 1.82) is 0 Å². The van der Waals surface area contributed by atoms with Crippen LogP contribution in [0.4, 0.5) is 0 Å². The fraction of sp³-hybridized carbons (Fsp3) is 0.0909. The third kappa shape index (κ3) is 3.34. The Bertz CT molecular complexity index is 645. The van der Waals surface area contributed by atoms with Gasteiger partial charge in [-0.2, -0.15) is 0 Å². The van der Waals surface area contributed by atoms with Gasteiger partial charge in [-0.1, -0.05) is 40.0 Å². The molecule has 0 aliphatic rings. The van der Waals surface area contributed by atoms with E-state index in [1.165, 1.54) is 18.2 Å². The molecular formula is C11H8Cl3N3O3. The number of hydrogen-bond acceptors (Lipinski definition) is 5. The van der Waals surface area contributed by atoms with Crippen LogP contribution in [0.5, 0.6) is 5.75 Å². The SMILES string of the molecule is NNC(=O)c1cc(COc2cc(Cl)c(Cl)cc2Cl)on1. The van der Waals surface area contributed by atoms with Crippen molar-refractivity contribution in [1.82, 2.24) is 10.6 Å². The average molecular weight is 337 g/mol. The van der Waals surface area contributed by atoms with Gasteiger partial charge in [-0.05, 0) is 6.07 Å². The number of rotatable bonds is 4. The first-order valence-electron chi connectivity index (χ1n) is 5.25. The van der Waals surface area contributed by atoms with Crippen LogP contribution in [0.3, 0.4) is 0 Å². The molecule has 0 atom stereocenters. The van der Waals surface area contributed by atoms with E-state index in [4.69, 9.17) is 49.9 Å². The predicted octanol–water partition coefficient (Wildman–Crippen LogP) is 2.82. The molecule has 1 aromatic heterocycles. The number of carbonyl (C=O) groups excluding carboxylic acids is 1. The number of nitrogens with two attached hydrogens (primary N) is 1. The fourth-order valence-corrected chi connectivity index (χ4v) is 1.92. The summed E-state index contributed by atoms with van der Waals surface area (Å²) in [6, 6.07) is 4.35. The molecule has 0 saturated heterocycles. The second kappa shape index (κ2) is 6.32. The van der Waals surface area contributed by atoms with Gasteiger partial charge in [-0.25, -0.2) is 5.84 Å². The van der Waals surface area contributed by atoms with Crippen LogP contribution in [0, 0.1) is 0 Å². The summed E-state index contributed by atoms with van der Waals surface area (Å²) >= 11 is 17.6. The second-order valence-electron chi connectivity index (χ2n) is 3.64. The Morgan fingerprint density at radius 3 is 2.65 bits per heavy atom. The Balaban J connectivity index is 2.07. The number of halogens is 3. The lowest BCUT2D eigenvalue weighted by Gasteiger charge is -2.07. The zero-order chi connectivity index (χ0) is 14.7. The maximum absolute atomic E-state index is 11.2. The Kier molecular flexibility index (Phi) is 4.72. The van der Waals surface area contributed by atoms with Crippen molar-refractivity contribution in [2.45, 2.75) is 6.61 Å². The molecule has 0 aliphatic carbocycles. The number of carbonyl (C=O) groups is 1. The van der Waals surface area contributed by atoms with Gasteiger partial charge in [0.1, 0.15) is 12.4 Å². The Labute approximate surface area is 128 Å². The predicted molar refractivity (Wildman–Crippen MR) is 74.0 cm³/mol. The number of amides is 1. The molecule has 2 aromatic rings. The number of ether oxygens (including phenoxy) is 1. The van der Waals surface area contributed by atoms with E-state index in [-0.39, 0.29) is 12.3 Å². The molecule has 6 nitrogen and oxygen atoms in total. The Hall–Kier alpha value is -1.47. The van der Waals surface area contributed by atoms with Crippen LogP contribution < -0.4 is 16.0 Å². The maximum atomic E-state index is 11.2. The van der Waals surface area contributed by atoms with Gasteiger partial charge in [0, 0.05) is 12.1 Å². The molecule has 0 unspecified atom stereocenters. The van der Waals surface area contributed by atoms with Crippen LogP contribution in [-0.2, 0) is 6.61 Å². The summed E-state index contributed by atoms with van der Waals surface area (Å²) in [4.78, 5) is 11.2. The lowest BCUT2D eigenvalue weighted by atomic mass is 10.3. The molecule has 2 rings (SSSR count). The van der Waals surface area contributed by atoms with Gasteiger partial charge in [0.05, 0.1) is 15.1 Å². The molecule has 9 heteroatoms. The number of benzene rings is 1. The van der Waals surface area contributed by atoms with Crippen LogP contribution in [0.1, 0.15) is 16.2 Å². The second-order valence-corrected chi connectivity index (χ2v) is 4.86. The van der Waals surface area contributed by atoms with Gasteiger partial charge >= 0.3 is 0 Å². The van der Waals surface area contributed by atoms with E-state index >= 15 is 0 Å². The molecule has 0 spiro atoms. The lowest BCUT2D eigenvalue weighted by molar-refractivity contribution is 0.0944. The molecule has 3 N–H and O–H groups in total. The molecule has 106 valence electrons. The van der Waals surface area contributed by atoms with Gasteiger partial charge in [0.25, 0.3) is 5.91 Å².